The van der Waals surface area contributed by atoms with Gasteiger partial charge in [-0.1, -0.05) is 26.0 Å². The second kappa shape index (κ2) is 5.46. The van der Waals surface area contributed by atoms with Crippen LogP contribution in [0.4, 0.5) is 0 Å². The Kier molecular flexibility index (Phi) is 3.68. The van der Waals surface area contributed by atoms with Crippen molar-refractivity contribution in [1.29, 1.82) is 0 Å². The maximum absolute atomic E-state index is 10.3. The van der Waals surface area contributed by atoms with E-state index in [2.05, 4.69) is 13.8 Å². The molecule has 1 aliphatic heterocycles. The Balaban J connectivity index is 1.92. The van der Waals surface area contributed by atoms with Crippen molar-refractivity contribution in [3.63, 3.8) is 0 Å². The first-order valence-corrected chi connectivity index (χ1v) is 7.09. The quantitative estimate of drug-likeness (QED) is 0.823. The van der Waals surface area contributed by atoms with Gasteiger partial charge in [-0.15, -0.1) is 0 Å². The summed E-state index contributed by atoms with van der Waals surface area (Å²) >= 11 is 0. The molecule has 20 heavy (non-hydrogen) atoms. The van der Waals surface area contributed by atoms with E-state index >= 15 is 0 Å². The second-order valence-electron chi connectivity index (χ2n) is 5.70. The predicted molar refractivity (Wildman–Crippen MR) is 75.9 cm³/mol. The van der Waals surface area contributed by atoms with Crippen molar-refractivity contribution in [1.82, 2.24) is 0 Å². The Hall–Kier alpha value is -1.52. The number of epoxide rings is 1. The lowest BCUT2D eigenvalue weighted by molar-refractivity contribution is 0.121. The van der Waals surface area contributed by atoms with Crippen LogP contribution in [0.2, 0.25) is 0 Å². The number of aliphatic hydroxyl groups excluding tert-OH is 1. The molecule has 1 fully saturated rings. The Morgan fingerprint density at radius 2 is 2.10 bits per heavy atom. The Morgan fingerprint density at radius 1 is 1.35 bits per heavy atom. The first kappa shape index (κ1) is 13.5. The number of hydrogen-bond acceptors (Lipinski definition) is 4. The summed E-state index contributed by atoms with van der Waals surface area (Å²) in [4.78, 5) is 0. The van der Waals surface area contributed by atoms with Crippen molar-refractivity contribution in [3.05, 3.63) is 30.0 Å². The first-order valence-electron chi connectivity index (χ1n) is 7.09. The highest BCUT2D eigenvalue weighted by Gasteiger charge is 2.27. The molecule has 0 spiro atoms. The van der Waals surface area contributed by atoms with Gasteiger partial charge in [0, 0.05) is 0 Å². The van der Waals surface area contributed by atoms with Gasteiger partial charge in [0.05, 0.1) is 12.0 Å². The van der Waals surface area contributed by atoms with Gasteiger partial charge < -0.3 is 19.0 Å². The molecular weight excluding hydrogens is 256 g/mol. The number of hydrogen-bond donors (Lipinski definition) is 1. The molecule has 0 bridgehead atoms. The zero-order valence-electron chi connectivity index (χ0n) is 11.8. The van der Waals surface area contributed by atoms with Gasteiger partial charge in [0.25, 0.3) is 0 Å². The van der Waals surface area contributed by atoms with Crippen LogP contribution in [0.5, 0.6) is 5.75 Å². The molecule has 2 atom stereocenters. The summed E-state index contributed by atoms with van der Waals surface area (Å²) in [6, 6.07) is 7.70. The molecule has 3 rings (SSSR count). The molecule has 1 aromatic carbocycles. The maximum atomic E-state index is 10.3. The van der Waals surface area contributed by atoms with Gasteiger partial charge in [0.2, 0.25) is 0 Å². The number of rotatable bonds is 6. The minimum Gasteiger partial charge on any atom is -0.486 e. The van der Waals surface area contributed by atoms with E-state index in [4.69, 9.17) is 13.9 Å². The normalized spacial score (nSPS) is 19.5. The van der Waals surface area contributed by atoms with Gasteiger partial charge in [-0.3, -0.25) is 0 Å². The van der Waals surface area contributed by atoms with Gasteiger partial charge in [0.1, 0.15) is 24.4 Å². The number of ether oxygens (including phenoxy) is 2. The largest absolute Gasteiger partial charge is 0.486 e. The van der Waals surface area contributed by atoms with Crippen molar-refractivity contribution in [3.8, 4) is 5.75 Å². The van der Waals surface area contributed by atoms with E-state index < -0.39 is 6.10 Å². The lowest BCUT2D eigenvalue weighted by atomic mass is 10.0. The molecule has 4 nitrogen and oxygen atoms in total. The fourth-order valence-corrected chi connectivity index (χ4v) is 2.30. The molecule has 1 saturated heterocycles. The average molecular weight is 276 g/mol. The van der Waals surface area contributed by atoms with Crippen LogP contribution in [0.15, 0.2) is 28.7 Å². The van der Waals surface area contributed by atoms with E-state index in [0.29, 0.717) is 30.5 Å². The summed E-state index contributed by atoms with van der Waals surface area (Å²) in [5.41, 5.74) is 0.747. The van der Waals surface area contributed by atoms with E-state index in [9.17, 15) is 5.11 Å². The fourth-order valence-electron chi connectivity index (χ4n) is 2.30. The number of aliphatic hydroxyl groups is 1. The number of para-hydroxylation sites is 1. The van der Waals surface area contributed by atoms with E-state index in [1.165, 1.54) is 0 Å². The molecule has 108 valence electrons. The van der Waals surface area contributed by atoms with Crippen molar-refractivity contribution >= 4 is 11.0 Å². The van der Waals surface area contributed by atoms with Crippen molar-refractivity contribution in [2.45, 2.75) is 32.5 Å². The summed E-state index contributed by atoms with van der Waals surface area (Å²) in [7, 11) is 0. The molecule has 0 amide bonds. The summed E-state index contributed by atoms with van der Waals surface area (Å²) in [6.45, 7) is 5.40. The molecular formula is C16H20O4. The van der Waals surface area contributed by atoms with Crippen LogP contribution in [0, 0.1) is 5.92 Å². The molecule has 2 heterocycles. The van der Waals surface area contributed by atoms with Crippen molar-refractivity contribution in [2.24, 2.45) is 5.92 Å². The molecule has 1 aliphatic rings. The summed E-state index contributed by atoms with van der Waals surface area (Å²) < 4.78 is 16.8. The van der Waals surface area contributed by atoms with Gasteiger partial charge in [-0.25, -0.2) is 0 Å². The highest BCUT2D eigenvalue weighted by molar-refractivity contribution is 5.85. The van der Waals surface area contributed by atoms with Crippen LogP contribution in [-0.2, 0) is 4.74 Å². The number of fused-ring (bicyclic) bond motifs is 1. The lowest BCUT2D eigenvalue weighted by Gasteiger charge is -2.12. The molecule has 0 aliphatic carbocycles. The Labute approximate surface area is 118 Å². The highest BCUT2D eigenvalue weighted by Crippen LogP contribution is 2.39. The topological polar surface area (TPSA) is 55.1 Å². The van der Waals surface area contributed by atoms with Crippen molar-refractivity contribution in [2.75, 3.05) is 13.2 Å². The minimum atomic E-state index is -0.641. The second-order valence-corrected chi connectivity index (χ2v) is 5.70. The van der Waals surface area contributed by atoms with Crippen LogP contribution in [-0.4, -0.2) is 24.4 Å². The van der Waals surface area contributed by atoms with Crippen LogP contribution in [0.25, 0.3) is 11.0 Å². The minimum absolute atomic E-state index is 0.179. The van der Waals surface area contributed by atoms with Gasteiger partial charge in [-0.05, 0) is 24.5 Å². The maximum Gasteiger partial charge on any atom is 0.175 e. The van der Waals surface area contributed by atoms with Gasteiger partial charge in [0.15, 0.2) is 11.5 Å². The molecule has 0 saturated carbocycles. The SMILES string of the molecule is CC(C)CC(O)c1oc2ccccc2c1OCC1CO1. The lowest BCUT2D eigenvalue weighted by Crippen LogP contribution is -2.07. The third kappa shape index (κ3) is 2.81. The number of furan rings is 1. The third-order valence-electron chi connectivity index (χ3n) is 3.39. The van der Waals surface area contributed by atoms with Crippen LogP contribution in [0.3, 0.4) is 0 Å². The fraction of sp³-hybridized carbons (Fsp3) is 0.500. The molecule has 2 unspecified atom stereocenters. The van der Waals surface area contributed by atoms with Gasteiger partial charge >= 0.3 is 0 Å². The zero-order valence-corrected chi connectivity index (χ0v) is 11.8. The monoisotopic (exact) mass is 276 g/mol. The Bertz CT molecular complexity index is 583. The van der Waals surface area contributed by atoms with E-state index in [1.54, 1.807) is 0 Å². The first-order chi connectivity index (χ1) is 9.65. The molecule has 0 radical (unpaired) electrons. The third-order valence-corrected chi connectivity index (χ3v) is 3.39. The Morgan fingerprint density at radius 3 is 2.80 bits per heavy atom. The zero-order chi connectivity index (χ0) is 14.1. The molecule has 1 aromatic heterocycles. The van der Waals surface area contributed by atoms with Crippen molar-refractivity contribution < 1.29 is 19.0 Å². The molecule has 1 N–H and O–H groups in total. The molecule has 4 heteroatoms. The van der Waals surface area contributed by atoms with E-state index in [0.717, 1.165) is 17.6 Å². The number of benzene rings is 1. The smallest absolute Gasteiger partial charge is 0.175 e. The standard InChI is InChI=1S/C16H20O4/c1-10(2)7-13(17)16-15(19-9-11-8-18-11)12-5-3-4-6-14(12)20-16/h3-6,10-11,13,17H,7-9H2,1-2H3. The van der Waals surface area contributed by atoms with Crippen LogP contribution < -0.4 is 4.74 Å². The van der Waals surface area contributed by atoms with Crippen LogP contribution in [0.1, 0.15) is 32.1 Å². The van der Waals surface area contributed by atoms with E-state index in [-0.39, 0.29) is 6.10 Å². The predicted octanol–water partition coefficient (Wildman–Crippen LogP) is 3.29. The summed E-state index contributed by atoms with van der Waals surface area (Å²) in [5, 5.41) is 11.3. The van der Waals surface area contributed by atoms with Crippen LogP contribution >= 0.6 is 0 Å². The average Bonchev–Trinajstić information content (AvgIpc) is 3.16. The summed E-state index contributed by atoms with van der Waals surface area (Å²) in [6.07, 6.45) is 0.187. The molecule has 2 aromatic rings. The highest BCUT2D eigenvalue weighted by atomic mass is 16.6. The van der Waals surface area contributed by atoms with Gasteiger partial charge in [-0.2, -0.15) is 0 Å². The summed E-state index contributed by atoms with van der Waals surface area (Å²) in [5.74, 6) is 1.57. The van der Waals surface area contributed by atoms with E-state index in [1.807, 2.05) is 24.3 Å².